The SMILES string of the molecule is CC1(C)C(O)CCC2(C)C1CCC1(C)C3CCC4(C(=O)NCCc5cccc(C(=O)NCC6(C(=O)O)CC6)c5)CCCC4C3CCC12. The van der Waals surface area contributed by atoms with Crippen LogP contribution in [0, 0.1) is 56.7 Å². The molecule has 4 N–H and O–H groups in total. The van der Waals surface area contributed by atoms with Gasteiger partial charge in [0.25, 0.3) is 5.91 Å². The van der Waals surface area contributed by atoms with Crippen molar-refractivity contribution in [2.24, 2.45) is 56.7 Å². The highest BCUT2D eigenvalue weighted by molar-refractivity contribution is 5.95. The molecule has 2 amide bonds. The van der Waals surface area contributed by atoms with Crippen molar-refractivity contribution in [2.45, 2.75) is 124 Å². The lowest BCUT2D eigenvalue weighted by Gasteiger charge is -2.69. The highest BCUT2D eigenvalue weighted by Gasteiger charge is 2.67. The van der Waals surface area contributed by atoms with E-state index in [1.165, 1.54) is 32.1 Å². The molecule has 7 nitrogen and oxygen atoms in total. The quantitative estimate of drug-likeness (QED) is 0.249. The van der Waals surface area contributed by atoms with E-state index in [0.717, 1.165) is 44.1 Å². The minimum Gasteiger partial charge on any atom is -0.481 e. The van der Waals surface area contributed by atoms with Crippen LogP contribution in [0.2, 0.25) is 0 Å². The number of carboxylic acids is 1. The van der Waals surface area contributed by atoms with E-state index < -0.39 is 11.4 Å². The van der Waals surface area contributed by atoms with E-state index in [9.17, 15) is 24.6 Å². The topological polar surface area (TPSA) is 116 Å². The summed E-state index contributed by atoms with van der Waals surface area (Å²) in [7, 11) is 0. The van der Waals surface area contributed by atoms with Gasteiger partial charge in [0.2, 0.25) is 5.91 Å². The van der Waals surface area contributed by atoms with Crippen molar-refractivity contribution in [3.05, 3.63) is 35.4 Å². The van der Waals surface area contributed by atoms with E-state index in [1.54, 1.807) is 6.07 Å². The molecule has 9 unspecified atom stereocenters. The molecular weight excluding hydrogens is 588 g/mol. The van der Waals surface area contributed by atoms with Crippen LogP contribution in [0.25, 0.3) is 0 Å². The molecule has 7 rings (SSSR count). The summed E-state index contributed by atoms with van der Waals surface area (Å²) in [4.78, 5) is 38.4. The van der Waals surface area contributed by atoms with E-state index in [0.29, 0.717) is 66.4 Å². The number of amides is 2. The Morgan fingerprint density at radius 1 is 0.809 bits per heavy atom. The summed E-state index contributed by atoms with van der Waals surface area (Å²) in [5, 5.41) is 26.6. The van der Waals surface area contributed by atoms with Gasteiger partial charge in [-0.3, -0.25) is 14.4 Å². The second kappa shape index (κ2) is 11.6. The first-order valence-corrected chi connectivity index (χ1v) is 18.8. The second-order valence-electron chi connectivity index (χ2n) is 18.0. The fraction of sp³-hybridized carbons (Fsp3) is 0.775. The molecule has 47 heavy (non-hydrogen) atoms. The molecule has 258 valence electrons. The Hall–Kier alpha value is -2.41. The predicted molar refractivity (Wildman–Crippen MR) is 181 cm³/mol. The molecule has 0 saturated heterocycles. The van der Waals surface area contributed by atoms with E-state index in [-0.39, 0.29) is 40.7 Å². The average Bonchev–Trinajstić information content (AvgIpc) is 3.71. The number of nitrogens with one attached hydrogen (secondary N) is 2. The van der Waals surface area contributed by atoms with Crippen LogP contribution in [0.1, 0.15) is 127 Å². The molecule has 0 bridgehead atoms. The molecule has 6 fully saturated rings. The lowest BCUT2D eigenvalue weighted by Crippen LogP contribution is -2.63. The highest BCUT2D eigenvalue weighted by Crippen LogP contribution is 2.73. The largest absolute Gasteiger partial charge is 0.481 e. The Balaban J connectivity index is 0.988. The number of rotatable bonds is 8. The third-order valence-electron chi connectivity index (χ3n) is 15.7. The van der Waals surface area contributed by atoms with Crippen LogP contribution < -0.4 is 10.6 Å². The first-order chi connectivity index (χ1) is 22.3. The number of carbonyl (C=O) groups is 3. The zero-order valence-electron chi connectivity index (χ0n) is 29.2. The van der Waals surface area contributed by atoms with Gasteiger partial charge in [0, 0.05) is 18.7 Å². The number of hydrogen-bond donors (Lipinski definition) is 4. The van der Waals surface area contributed by atoms with Gasteiger partial charge in [0.15, 0.2) is 0 Å². The van der Waals surface area contributed by atoms with Crippen LogP contribution >= 0.6 is 0 Å². The van der Waals surface area contributed by atoms with Gasteiger partial charge in [0.1, 0.15) is 0 Å². The highest BCUT2D eigenvalue weighted by atomic mass is 16.4. The number of aliphatic hydroxyl groups is 1. The Bertz CT molecular complexity index is 1420. The maximum absolute atomic E-state index is 14.1. The minimum absolute atomic E-state index is 0.0222. The fourth-order valence-corrected chi connectivity index (χ4v) is 12.9. The van der Waals surface area contributed by atoms with Crippen molar-refractivity contribution in [3.8, 4) is 0 Å². The molecule has 1 aromatic rings. The summed E-state index contributed by atoms with van der Waals surface area (Å²) >= 11 is 0. The van der Waals surface area contributed by atoms with E-state index in [2.05, 4.69) is 38.3 Å². The van der Waals surface area contributed by atoms with Gasteiger partial charge in [-0.05, 0) is 147 Å². The van der Waals surface area contributed by atoms with Crippen LogP contribution in [0.5, 0.6) is 0 Å². The van der Waals surface area contributed by atoms with Gasteiger partial charge in [-0.2, -0.15) is 0 Å². The molecule has 0 spiro atoms. The molecular formula is C40H58N2O5. The molecule has 7 heteroatoms. The Labute approximate surface area is 281 Å². The molecule has 1 aromatic carbocycles. The van der Waals surface area contributed by atoms with Crippen molar-refractivity contribution in [3.63, 3.8) is 0 Å². The predicted octanol–water partition coefficient (Wildman–Crippen LogP) is 6.77. The lowest BCUT2D eigenvalue weighted by atomic mass is 9.36. The first-order valence-electron chi connectivity index (χ1n) is 18.8. The fourth-order valence-electron chi connectivity index (χ4n) is 12.9. The monoisotopic (exact) mass is 646 g/mol. The van der Waals surface area contributed by atoms with Gasteiger partial charge in [-0.25, -0.2) is 0 Å². The minimum atomic E-state index is -0.840. The van der Waals surface area contributed by atoms with Crippen LogP contribution in [0.3, 0.4) is 0 Å². The van der Waals surface area contributed by atoms with Gasteiger partial charge < -0.3 is 20.8 Å². The average molecular weight is 647 g/mol. The Kier molecular flexibility index (Phi) is 8.16. The molecule has 0 aliphatic heterocycles. The van der Waals surface area contributed by atoms with Crippen LogP contribution in [0.4, 0.5) is 0 Å². The third-order valence-corrected chi connectivity index (χ3v) is 15.7. The third kappa shape index (κ3) is 5.18. The summed E-state index contributed by atoms with van der Waals surface area (Å²) < 4.78 is 0. The number of benzene rings is 1. The molecule has 9 atom stereocenters. The Morgan fingerprint density at radius 2 is 1.57 bits per heavy atom. The molecule has 6 aliphatic rings. The molecule has 0 aromatic heterocycles. The molecule has 6 saturated carbocycles. The summed E-state index contributed by atoms with van der Waals surface area (Å²) in [5.74, 6) is 2.24. The number of fused-ring (bicyclic) bond motifs is 7. The molecule has 0 heterocycles. The van der Waals surface area contributed by atoms with E-state index in [4.69, 9.17) is 0 Å². The molecule has 6 aliphatic carbocycles. The van der Waals surface area contributed by atoms with Gasteiger partial charge in [-0.15, -0.1) is 0 Å². The summed E-state index contributed by atoms with van der Waals surface area (Å²) in [6, 6.07) is 7.49. The summed E-state index contributed by atoms with van der Waals surface area (Å²) in [6.07, 6.45) is 14.3. The van der Waals surface area contributed by atoms with Crippen LogP contribution in [0.15, 0.2) is 24.3 Å². The smallest absolute Gasteiger partial charge is 0.311 e. The maximum Gasteiger partial charge on any atom is 0.311 e. The zero-order valence-corrected chi connectivity index (χ0v) is 29.2. The van der Waals surface area contributed by atoms with Gasteiger partial charge in [0.05, 0.1) is 16.9 Å². The van der Waals surface area contributed by atoms with Crippen LogP contribution in [-0.2, 0) is 16.0 Å². The number of aliphatic carboxylic acids is 1. The normalized spacial score (nSPS) is 41.0. The first kappa shape index (κ1) is 33.1. The van der Waals surface area contributed by atoms with Crippen molar-refractivity contribution >= 4 is 17.8 Å². The summed E-state index contributed by atoms with van der Waals surface area (Å²) in [5.41, 5.74) is 1.08. The second-order valence-corrected chi connectivity index (χ2v) is 18.0. The van der Waals surface area contributed by atoms with E-state index in [1.807, 2.05) is 18.2 Å². The number of aliphatic hydroxyl groups excluding tert-OH is 1. The number of carbonyl (C=O) groups excluding carboxylic acids is 2. The van der Waals surface area contributed by atoms with Crippen LogP contribution in [-0.4, -0.2) is 47.2 Å². The van der Waals surface area contributed by atoms with Crippen molar-refractivity contribution < 1.29 is 24.6 Å². The standard InChI is InChI=1S/C40H58N2O5/c1-36(2)30-13-17-37(3)28-12-19-40(16-6-9-29(40)27(28)10-11-31(37)38(30,4)18-14-32(36)43)34(45)41-22-15-25-7-5-8-26(23-25)33(44)42-24-39(20-21-39)35(46)47/h5,7-8,23,27-32,43H,6,9-22,24H2,1-4H3,(H,41,45)(H,42,44)(H,46,47). The van der Waals surface area contributed by atoms with Crippen molar-refractivity contribution in [1.82, 2.24) is 10.6 Å². The Morgan fingerprint density at radius 3 is 2.32 bits per heavy atom. The lowest BCUT2D eigenvalue weighted by molar-refractivity contribution is -0.214. The zero-order chi connectivity index (χ0) is 33.4. The molecule has 0 radical (unpaired) electrons. The van der Waals surface area contributed by atoms with Gasteiger partial charge >= 0.3 is 5.97 Å². The summed E-state index contributed by atoms with van der Waals surface area (Å²) in [6.45, 7) is 10.6. The number of carboxylic acid groups (broad SMARTS) is 1. The van der Waals surface area contributed by atoms with Crippen molar-refractivity contribution in [1.29, 1.82) is 0 Å². The maximum atomic E-state index is 14.1. The number of hydrogen-bond acceptors (Lipinski definition) is 4. The van der Waals surface area contributed by atoms with Gasteiger partial charge in [-0.1, -0.05) is 46.2 Å². The van der Waals surface area contributed by atoms with Crippen molar-refractivity contribution in [2.75, 3.05) is 13.1 Å². The van der Waals surface area contributed by atoms with E-state index >= 15 is 0 Å².